The Morgan fingerprint density at radius 1 is 0.820 bits per heavy atom. The van der Waals surface area contributed by atoms with E-state index < -0.39 is 12.2 Å². The molecule has 2 heterocycles. The number of para-hydroxylation sites is 3. The van der Waals surface area contributed by atoms with E-state index in [0.29, 0.717) is 54.2 Å². The Morgan fingerprint density at radius 2 is 1.50 bits per heavy atom. The highest BCUT2D eigenvalue weighted by molar-refractivity contribution is 5.90. The molecule has 262 valence electrons. The van der Waals surface area contributed by atoms with Crippen molar-refractivity contribution in [2.45, 2.75) is 25.4 Å². The zero-order valence-electron chi connectivity index (χ0n) is 27.9. The topological polar surface area (TPSA) is 156 Å². The highest BCUT2D eigenvalue weighted by Gasteiger charge is 2.14. The number of likely N-dealkylation sites (tertiary alicyclic amines) is 1. The molecule has 6 N–H and O–H groups in total. The maximum absolute atomic E-state index is 11.6. The molecule has 1 fully saturated rings. The summed E-state index contributed by atoms with van der Waals surface area (Å²) in [5.41, 5.74) is 3.12. The Labute approximate surface area is 291 Å². The fourth-order valence-corrected chi connectivity index (χ4v) is 5.86. The van der Waals surface area contributed by atoms with Crippen LogP contribution in [0.5, 0.6) is 17.2 Å². The number of hydrogen-bond acceptors (Lipinski definition) is 8. The summed E-state index contributed by atoms with van der Waals surface area (Å²) < 4.78 is 11.9. The molecule has 1 saturated heterocycles. The van der Waals surface area contributed by atoms with Crippen LogP contribution in [-0.4, -0.2) is 77.2 Å². The maximum Gasteiger partial charge on any atom is 0.409 e. The summed E-state index contributed by atoms with van der Waals surface area (Å²) in [6.45, 7) is 5.11. The van der Waals surface area contributed by atoms with Crippen molar-refractivity contribution in [3.05, 3.63) is 119 Å². The monoisotopic (exact) mass is 680 g/mol. The predicted octanol–water partition coefficient (Wildman–Crippen LogP) is 6.24. The van der Waals surface area contributed by atoms with Crippen LogP contribution in [0, 0.1) is 0 Å². The van der Waals surface area contributed by atoms with Gasteiger partial charge in [0, 0.05) is 36.7 Å². The van der Waals surface area contributed by atoms with Gasteiger partial charge in [0.05, 0.1) is 17.3 Å². The second-order valence-corrected chi connectivity index (χ2v) is 11.9. The van der Waals surface area contributed by atoms with E-state index >= 15 is 0 Å². The molecule has 6 rings (SSSR count). The zero-order chi connectivity index (χ0) is 35.1. The maximum atomic E-state index is 11.6. The number of amides is 1. The lowest BCUT2D eigenvalue weighted by atomic mass is 10.0. The van der Waals surface area contributed by atoms with Crippen molar-refractivity contribution in [3.8, 4) is 28.4 Å². The number of ether oxygens (including phenoxy) is 2. The van der Waals surface area contributed by atoms with Crippen LogP contribution < -0.4 is 25.7 Å². The Kier molecular flexibility index (Phi) is 13.2. The number of phenolic OH excluding ortho intramolecular Hbond substituents is 1. The van der Waals surface area contributed by atoms with E-state index in [1.165, 1.54) is 31.4 Å². The highest BCUT2D eigenvalue weighted by atomic mass is 16.5. The third kappa shape index (κ3) is 10.3. The molecule has 11 heteroatoms. The van der Waals surface area contributed by atoms with Gasteiger partial charge in [0.15, 0.2) is 11.5 Å². The van der Waals surface area contributed by atoms with Crippen molar-refractivity contribution in [2.24, 2.45) is 0 Å². The number of carbonyl (C=O) groups is 1. The quantitative estimate of drug-likeness (QED) is 0.0792. The zero-order valence-corrected chi connectivity index (χ0v) is 27.9. The molecule has 0 spiro atoms. The summed E-state index contributed by atoms with van der Waals surface area (Å²) in [6, 6.07) is 30.8. The smallest absolute Gasteiger partial charge is 0.409 e. The molecule has 1 aromatic heterocycles. The van der Waals surface area contributed by atoms with Gasteiger partial charge in [-0.25, -0.2) is 4.79 Å². The number of piperidine rings is 1. The Balaban J connectivity index is 0.000000253. The summed E-state index contributed by atoms with van der Waals surface area (Å²) in [5, 5.41) is 35.6. The molecule has 1 aliphatic rings. The van der Waals surface area contributed by atoms with Gasteiger partial charge >= 0.3 is 6.09 Å². The first kappa shape index (κ1) is 35.9. The molecule has 5 aromatic rings. The van der Waals surface area contributed by atoms with Crippen LogP contribution in [0.15, 0.2) is 108 Å². The molecule has 0 unspecified atom stereocenters. The van der Waals surface area contributed by atoms with Crippen LogP contribution in [0.25, 0.3) is 22.0 Å². The highest BCUT2D eigenvalue weighted by Crippen LogP contribution is 2.29. The largest absolute Gasteiger partial charge is 0.506 e. The van der Waals surface area contributed by atoms with Gasteiger partial charge in [0.25, 0.3) is 0 Å². The van der Waals surface area contributed by atoms with E-state index in [-0.39, 0.29) is 11.3 Å². The number of aliphatic hydroxyl groups is 1. The molecule has 0 radical (unpaired) electrons. The fraction of sp³-hybridized carbons (Fsp3) is 0.282. The van der Waals surface area contributed by atoms with E-state index in [0.717, 1.165) is 36.5 Å². The number of H-pyrrole nitrogens is 1. The van der Waals surface area contributed by atoms with Crippen molar-refractivity contribution in [3.63, 3.8) is 0 Å². The summed E-state index contributed by atoms with van der Waals surface area (Å²) >= 11 is 0. The molecule has 0 saturated carbocycles. The average molecular weight is 681 g/mol. The van der Waals surface area contributed by atoms with Gasteiger partial charge in [-0.1, -0.05) is 73.2 Å². The summed E-state index contributed by atoms with van der Waals surface area (Å²) in [6.07, 6.45) is 2.00. The Morgan fingerprint density at radius 3 is 2.24 bits per heavy atom. The van der Waals surface area contributed by atoms with Crippen molar-refractivity contribution in [2.75, 3.05) is 51.3 Å². The number of aromatic amines is 1. The van der Waals surface area contributed by atoms with E-state index in [2.05, 4.69) is 20.5 Å². The summed E-state index contributed by atoms with van der Waals surface area (Å²) in [4.78, 5) is 27.3. The molecule has 4 aromatic carbocycles. The van der Waals surface area contributed by atoms with Crippen molar-refractivity contribution < 1.29 is 29.6 Å². The van der Waals surface area contributed by atoms with Gasteiger partial charge < -0.3 is 35.1 Å². The minimum atomic E-state index is -1.05. The number of fused-ring (bicyclic) bond motifs is 1. The number of pyridine rings is 1. The third-order valence-electron chi connectivity index (χ3n) is 8.36. The predicted molar refractivity (Wildman–Crippen MR) is 195 cm³/mol. The number of aliphatic hydroxyl groups excluding tert-OH is 1. The number of anilines is 1. The minimum absolute atomic E-state index is 0.0261. The molecule has 1 amide bonds. The molecule has 11 nitrogen and oxygen atoms in total. The number of nitrogens with one attached hydrogen (secondary N) is 3. The van der Waals surface area contributed by atoms with E-state index in [9.17, 15) is 19.8 Å². The van der Waals surface area contributed by atoms with Gasteiger partial charge in [-0.05, 0) is 67.4 Å². The fourth-order valence-electron chi connectivity index (χ4n) is 5.86. The Bertz CT molecular complexity index is 1880. The van der Waals surface area contributed by atoms with Gasteiger partial charge in [-0.15, -0.1) is 0 Å². The molecule has 50 heavy (non-hydrogen) atoms. The number of carboxylic acid groups (broad SMARTS) is 1. The number of benzene rings is 4. The van der Waals surface area contributed by atoms with Crippen LogP contribution in [-0.2, 0) is 0 Å². The molecular formula is C39H44N4O7. The second kappa shape index (κ2) is 18.4. The van der Waals surface area contributed by atoms with Crippen molar-refractivity contribution >= 4 is 22.7 Å². The molecule has 0 bridgehead atoms. The van der Waals surface area contributed by atoms with Crippen LogP contribution in [0.4, 0.5) is 10.5 Å². The van der Waals surface area contributed by atoms with E-state index in [1.807, 2.05) is 66.7 Å². The first-order chi connectivity index (χ1) is 24.4. The SMILES string of the molecule is O=C(O)Nc1ccccc1-c1ccccc1.O=c1ccc2c([C@H](O)CNCCOc3ccccc3OCCN3CCCCC3)ccc(O)c2[nH]1. The average Bonchev–Trinajstić information content (AvgIpc) is 3.13. The minimum Gasteiger partial charge on any atom is -0.506 e. The first-order valence-corrected chi connectivity index (χ1v) is 16.8. The molecule has 0 aliphatic carbocycles. The van der Waals surface area contributed by atoms with Gasteiger partial charge in [0.1, 0.15) is 19.0 Å². The van der Waals surface area contributed by atoms with Crippen LogP contribution in [0.3, 0.4) is 0 Å². The van der Waals surface area contributed by atoms with Gasteiger partial charge in [0.2, 0.25) is 5.56 Å². The lowest BCUT2D eigenvalue weighted by Crippen LogP contribution is -2.33. The number of aromatic hydroxyl groups is 1. The molecular weight excluding hydrogens is 636 g/mol. The summed E-state index contributed by atoms with van der Waals surface area (Å²) in [5.74, 6) is 1.42. The van der Waals surface area contributed by atoms with E-state index in [4.69, 9.17) is 14.6 Å². The van der Waals surface area contributed by atoms with Crippen molar-refractivity contribution in [1.82, 2.24) is 15.2 Å². The van der Waals surface area contributed by atoms with Gasteiger partial charge in [-0.2, -0.15) is 0 Å². The Hall–Kier alpha value is -5.36. The van der Waals surface area contributed by atoms with Crippen molar-refractivity contribution in [1.29, 1.82) is 0 Å². The lowest BCUT2D eigenvalue weighted by molar-refractivity contribution is 0.171. The molecule has 1 atom stereocenters. The first-order valence-electron chi connectivity index (χ1n) is 16.8. The normalized spacial score (nSPS) is 13.5. The van der Waals surface area contributed by atoms with Crippen LogP contribution >= 0.6 is 0 Å². The number of phenols is 1. The second-order valence-electron chi connectivity index (χ2n) is 11.9. The molecule has 1 aliphatic heterocycles. The third-order valence-corrected chi connectivity index (χ3v) is 8.36. The lowest BCUT2D eigenvalue weighted by Gasteiger charge is -2.26. The van der Waals surface area contributed by atoms with Crippen LogP contribution in [0.1, 0.15) is 30.9 Å². The number of hydrogen-bond donors (Lipinski definition) is 6. The summed E-state index contributed by atoms with van der Waals surface area (Å²) in [7, 11) is 0. The number of aromatic nitrogens is 1. The number of nitrogens with zero attached hydrogens (tertiary/aromatic N) is 1. The van der Waals surface area contributed by atoms with Gasteiger partial charge in [-0.3, -0.25) is 15.0 Å². The number of rotatable bonds is 13. The van der Waals surface area contributed by atoms with E-state index in [1.54, 1.807) is 24.3 Å². The van der Waals surface area contributed by atoms with Crippen LogP contribution in [0.2, 0.25) is 0 Å². The standard InChI is InChI=1S/C26H33N3O5.C13H11NO2/c30-21-10-8-19(20-9-11-25(32)28-26(20)21)22(31)18-27-12-16-33-23-6-2-3-7-24(23)34-17-15-29-13-4-1-5-14-29;15-13(16)14-12-9-5-4-8-11(12)10-6-2-1-3-7-10/h2-3,6-11,22,27,30-31H,1,4-5,12-18H2,(H,28,32);1-9,14H,(H,15,16)/t22-;/m1./s1.